The molecule has 0 bridgehead atoms. The van der Waals surface area contributed by atoms with Crippen molar-refractivity contribution in [3.8, 4) is 0 Å². The second kappa shape index (κ2) is 8.92. The van der Waals surface area contributed by atoms with Gasteiger partial charge in [-0.25, -0.2) is 4.98 Å². The number of hydrogen-bond donors (Lipinski definition) is 2. The standard InChI is InChI=1S/C15H14F2N4O2S/c16-15(17)24-14-11(4-2-6-21-14)13(23)20-8-7-19-12(22)10-3-1-5-18-9-10/h1-6,9,15H,7-8H2,(H,19,22)(H,20,23). The lowest BCUT2D eigenvalue weighted by atomic mass is 10.2. The molecular weight excluding hydrogens is 338 g/mol. The summed E-state index contributed by atoms with van der Waals surface area (Å²) in [4.78, 5) is 31.4. The third-order valence-electron chi connectivity index (χ3n) is 2.84. The largest absolute Gasteiger partial charge is 0.350 e. The molecule has 2 amide bonds. The number of alkyl halides is 2. The number of carbonyl (C=O) groups is 2. The molecule has 0 aliphatic heterocycles. The minimum Gasteiger partial charge on any atom is -0.350 e. The Labute approximate surface area is 141 Å². The van der Waals surface area contributed by atoms with Crippen LogP contribution >= 0.6 is 11.8 Å². The molecule has 2 aromatic heterocycles. The maximum Gasteiger partial charge on any atom is 0.290 e. The van der Waals surface area contributed by atoms with Crippen molar-refractivity contribution in [2.24, 2.45) is 0 Å². The Morgan fingerprint density at radius 1 is 1.08 bits per heavy atom. The van der Waals surface area contributed by atoms with E-state index in [1.54, 1.807) is 18.3 Å². The van der Waals surface area contributed by atoms with Crippen molar-refractivity contribution in [2.45, 2.75) is 10.8 Å². The Bertz CT molecular complexity index is 701. The van der Waals surface area contributed by atoms with E-state index in [2.05, 4.69) is 20.6 Å². The van der Waals surface area contributed by atoms with Crippen LogP contribution in [0.4, 0.5) is 8.78 Å². The van der Waals surface area contributed by atoms with Crippen molar-refractivity contribution in [3.05, 3.63) is 54.0 Å². The monoisotopic (exact) mass is 352 g/mol. The van der Waals surface area contributed by atoms with Crippen LogP contribution < -0.4 is 10.6 Å². The third-order valence-corrected chi connectivity index (χ3v) is 3.56. The molecular formula is C15H14F2N4O2S. The van der Waals surface area contributed by atoms with Crippen LogP contribution in [0.25, 0.3) is 0 Å². The Kier molecular flexibility index (Phi) is 6.62. The van der Waals surface area contributed by atoms with Crippen LogP contribution in [0, 0.1) is 0 Å². The van der Waals surface area contributed by atoms with E-state index in [0.29, 0.717) is 5.56 Å². The smallest absolute Gasteiger partial charge is 0.290 e. The van der Waals surface area contributed by atoms with Gasteiger partial charge in [-0.3, -0.25) is 14.6 Å². The number of aromatic nitrogens is 2. The molecule has 0 aliphatic rings. The molecule has 126 valence electrons. The fraction of sp³-hybridized carbons (Fsp3) is 0.200. The SMILES string of the molecule is O=C(NCCNC(=O)c1cccnc1SC(F)F)c1cccnc1. The number of carbonyl (C=O) groups excluding carboxylic acids is 2. The van der Waals surface area contributed by atoms with Crippen LogP contribution in [0.5, 0.6) is 0 Å². The molecule has 0 fully saturated rings. The molecule has 0 atom stereocenters. The normalized spacial score (nSPS) is 10.5. The Morgan fingerprint density at radius 3 is 2.46 bits per heavy atom. The molecule has 0 aliphatic carbocycles. The summed E-state index contributed by atoms with van der Waals surface area (Å²) >= 11 is 0.213. The Hall–Kier alpha value is -2.55. The first-order valence-electron chi connectivity index (χ1n) is 6.94. The Balaban J connectivity index is 1.83. The molecule has 0 saturated heterocycles. The summed E-state index contributed by atoms with van der Waals surface area (Å²) in [5, 5.41) is 5.13. The highest BCUT2D eigenvalue weighted by Gasteiger charge is 2.16. The minimum absolute atomic E-state index is 0.0376. The van der Waals surface area contributed by atoms with Gasteiger partial charge in [-0.1, -0.05) is 0 Å². The molecule has 0 unspecified atom stereocenters. The molecule has 2 heterocycles. The van der Waals surface area contributed by atoms with Gasteiger partial charge in [-0.15, -0.1) is 0 Å². The van der Waals surface area contributed by atoms with Crippen LogP contribution in [-0.2, 0) is 0 Å². The van der Waals surface area contributed by atoms with Crippen molar-refractivity contribution < 1.29 is 18.4 Å². The summed E-state index contributed by atoms with van der Waals surface area (Å²) in [5.74, 6) is -3.50. The summed E-state index contributed by atoms with van der Waals surface area (Å²) < 4.78 is 24.9. The zero-order valence-electron chi connectivity index (χ0n) is 12.4. The summed E-state index contributed by atoms with van der Waals surface area (Å²) in [6.45, 7) is 0.343. The topological polar surface area (TPSA) is 84.0 Å². The third kappa shape index (κ3) is 5.27. The maximum atomic E-state index is 12.5. The minimum atomic E-state index is -2.66. The molecule has 6 nitrogen and oxygen atoms in total. The van der Waals surface area contributed by atoms with Gasteiger partial charge in [0.1, 0.15) is 5.03 Å². The second-order valence-electron chi connectivity index (χ2n) is 4.49. The van der Waals surface area contributed by atoms with E-state index in [1.165, 1.54) is 24.5 Å². The van der Waals surface area contributed by atoms with Crippen molar-refractivity contribution in [1.82, 2.24) is 20.6 Å². The summed E-state index contributed by atoms with van der Waals surface area (Å²) in [5.41, 5.74) is 0.480. The molecule has 0 radical (unpaired) electrons. The van der Waals surface area contributed by atoms with Gasteiger partial charge < -0.3 is 10.6 Å². The van der Waals surface area contributed by atoms with Crippen molar-refractivity contribution in [2.75, 3.05) is 13.1 Å². The number of pyridine rings is 2. The molecule has 2 rings (SSSR count). The molecule has 24 heavy (non-hydrogen) atoms. The quantitative estimate of drug-likeness (QED) is 0.588. The number of amides is 2. The number of nitrogens with one attached hydrogen (secondary N) is 2. The number of nitrogens with zero attached hydrogens (tertiary/aromatic N) is 2. The predicted octanol–water partition coefficient (Wildman–Crippen LogP) is 1.95. The van der Waals surface area contributed by atoms with Crippen LogP contribution in [0.3, 0.4) is 0 Å². The highest BCUT2D eigenvalue weighted by Crippen LogP contribution is 2.26. The highest BCUT2D eigenvalue weighted by molar-refractivity contribution is 7.99. The molecule has 0 spiro atoms. The van der Waals surface area contributed by atoms with Crippen molar-refractivity contribution in [1.29, 1.82) is 0 Å². The zero-order valence-corrected chi connectivity index (χ0v) is 13.2. The van der Waals surface area contributed by atoms with Gasteiger partial charge in [0, 0.05) is 31.7 Å². The van der Waals surface area contributed by atoms with E-state index in [-0.39, 0.29) is 41.3 Å². The lowest BCUT2D eigenvalue weighted by Gasteiger charge is -2.09. The average Bonchev–Trinajstić information content (AvgIpc) is 2.59. The first kappa shape index (κ1) is 17.8. The number of hydrogen-bond acceptors (Lipinski definition) is 5. The molecule has 9 heteroatoms. The summed E-state index contributed by atoms with van der Waals surface area (Å²) in [7, 11) is 0. The Morgan fingerprint density at radius 2 is 1.79 bits per heavy atom. The van der Waals surface area contributed by atoms with E-state index in [1.807, 2.05) is 0 Å². The van der Waals surface area contributed by atoms with Crippen molar-refractivity contribution in [3.63, 3.8) is 0 Å². The second-order valence-corrected chi connectivity index (χ2v) is 5.47. The number of halogens is 2. The fourth-order valence-electron chi connectivity index (χ4n) is 1.79. The lowest BCUT2D eigenvalue weighted by molar-refractivity contribution is 0.0925. The number of rotatable bonds is 7. The van der Waals surface area contributed by atoms with Crippen LogP contribution in [0.2, 0.25) is 0 Å². The number of thioether (sulfide) groups is 1. The van der Waals surface area contributed by atoms with Gasteiger partial charge in [0.05, 0.1) is 11.1 Å². The van der Waals surface area contributed by atoms with E-state index >= 15 is 0 Å². The zero-order chi connectivity index (χ0) is 17.4. The summed E-state index contributed by atoms with van der Waals surface area (Å²) in [6.07, 6.45) is 4.33. The predicted molar refractivity (Wildman–Crippen MR) is 85.0 cm³/mol. The van der Waals surface area contributed by atoms with Gasteiger partial charge in [0.15, 0.2) is 0 Å². The van der Waals surface area contributed by atoms with Crippen LogP contribution in [0.15, 0.2) is 47.9 Å². The van der Waals surface area contributed by atoms with Gasteiger partial charge in [-0.05, 0) is 36.0 Å². The van der Waals surface area contributed by atoms with E-state index in [4.69, 9.17) is 0 Å². The molecule has 2 aromatic rings. The van der Waals surface area contributed by atoms with Gasteiger partial charge >= 0.3 is 0 Å². The molecule has 0 aromatic carbocycles. The van der Waals surface area contributed by atoms with Crippen LogP contribution in [0.1, 0.15) is 20.7 Å². The van der Waals surface area contributed by atoms with Gasteiger partial charge in [0.2, 0.25) is 0 Å². The van der Waals surface area contributed by atoms with Gasteiger partial charge in [-0.2, -0.15) is 8.78 Å². The highest BCUT2D eigenvalue weighted by atomic mass is 32.2. The van der Waals surface area contributed by atoms with E-state index < -0.39 is 11.7 Å². The first-order valence-corrected chi connectivity index (χ1v) is 7.82. The van der Waals surface area contributed by atoms with Crippen LogP contribution in [-0.4, -0.2) is 40.6 Å². The van der Waals surface area contributed by atoms with Gasteiger partial charge in [0.25, 0.3) is 17.6 Å². The lowest BCUT2D eigenvalue weighted by Crippen LogP contribution is -2.35. The van der Waals surface area contributed by atoms with E-state index in [0.717, 1.165) is 0 Å². The van der Waals surface area contributed by atoms with E-state index in [9.17, 15) is 18.4 Å². The van der Waals surface area contributed by atoms with Crippen molar-refractivity contribution >= 4 is 23.6 Å². The fourth-order valence-corrected chi connectivity index (χ4v) is 2.37. The molecule has 0 saturated carbocycles. The molecule has 2 N–H and O–H groups in total. The maximum absolute atomic E-state index is 12.5. The first-order chi connectivity index (χ1) is 11.6. The average molecular weight is 352 g/mol. The summed E-state index contributed by atoms with van der Waals surface area (Å²) in [6, 6.07) is 6.17.